The molecule has 2 N–H and O–H groups in total. The van der Waals surface area contributed by atoms with E-state index in [2.05, 4.69) is 71.7 Å². The maximum atomic E-state index is 12.4. The van der Waals surface area contributed by atoms with Crippen molar-refractivity contribution >= 4 is 5.91 Å². The molecule has 186 valence electrons. The van der Waals surface area contributed by atoms with Gasteiger partial charge in [0.25, 0.3) is 0 Å². The molecule has 0 aromatic heterocycles. The average molecular weight is 448 g/mol. The zero-order valence-corrected chi connectivity index (χ0v) is 22.5. The molecule has 0 fully saturated rings. The molecule has 0 saturated heterocycles. The van der Waals surface area contributed by atoms with Gasteiger partial charge in [-0.25, -0.2) is 0 Å². The second kappa shape index (κ2) is 21.1. The summed E-state index contributed by atoms with van der Waals surface area (Å²) < 4.78 is 0. The van der Waals surface area contributed by atoms with E-state index in [4.69, 9.17) is 0 Å². The van der Waals surface area contributed by atoms with Crippen molar-refractivity contribution in [2.75, 3.05) is 6.54 Å². The summed E-state index contributed by atoms with van der Waals surface area (Å²) in [6.07, 6.45) is 15.8. The number of aliphatic hydroxyl groups is 1. The monoisotopic (exact) mass is 447 g/mol. The number of carbonyl (C=O) groups excluding carboxylic acids is 1. The number of hydrogen-bond acceptors (Lipinski definition) is 2. The first-order chi connectivity index (χ1) is 15.3. The zero-order valence-electron chi connectivity index (χ0n) is 22.5. The first kappa shape index (κ1) is 32.4. The molecule has 3 nitrogen and oxygen atoms in total. The Morgan fingerprint density at radius 2 is 1.75 bits per heavy atom. The van der Waals surface area contributed by atoms with Crippen LogP contribution in [-0.4, -0.2) is 17.6 Å². The number of nitrogens with one attached hydrogen (secondary N) is 1. The molecule has 1 amide bonds. The third-order valence-electron chi connectivity index (χ3n) is 5.27. The van der Waals surface area contributed by atoms with Crippen LogP contribution < -0.4 is 5.32 Å². The Morgan fingerprint density at radius 1 is 1.12 bits per heavy atom. The minimum atomic E-state index is -0.190. The van der Waals surface area contributed by atoms with Gasteiger partial charge in [0.2, 0.25) is 5.91 Å². The molecular weight excluding hydrogens is 394 g/mol. The van der Waals surface area contributed by atoms with Crippen LogP contribution in [0.5, 0.6) is 0 Å². The van der Waals surface area contributed by atoms with Crippen LogP contribution in [-0.2, 0) is 4.79 Å². The molecule has 0 aromatic carbocycles. The summed E-state index contributed by atoms with van der Waals surface area (Å²) in [5, 5.41) is 13.0. The van der Waals surface area contributed by atoms with Crippen LogP contribution in [0.15, 0.2) is 47.3 Å². The predicted octanol–water partition coefficient (Wildman–Crippen LogP) is 8.84. The van der Waals surface area contributed by atoms with Crippen LogP contribution in [0.3, 0.4) is 0 Å². The normalized spacial score (nSPS) is 17.6. The number of allylic oxidation sites excluding steroid dienone is 7. The van der Waals surface area contributed by atoms with Crippen LogP contribution in [0.4, 0.5) is 0 Å². The Hall–Kier alpha value is -1.77. The smallest absolute Gasteiger partial charge is 0.224 e. The molecule has 0 aliphatic heterocycles. The van der Waals surface area contributed by atoms with E-state index in [1.165, 1.54) is 23.1 Å². The third kappa shape index (κ3) is 15.9. The summed E-state index contributed by atoms with van der Waals surface area (Å²) in [6, 6.07) is 0. The van der Waals surface area contributed by atoms with E-state index in [9.17, 15) is 9.90 Å². The number of hydrogen-bond donors (Lipinski definition) is 2. The summed E-state index contributed by atoms with van der Waals surface area (Å²) in [5.41, 5.74) is 4.14. The van der Waals surface area contributed by atoms with Gasteiger partial charge >= 0.3 is 0 Å². The molecule has 0 aromatic rings. The lowest BCUT2D eigenvalue weighted by molar-refractivity contribution is -0.126. The van der Waals surface area contributed by atoms with Crippen LogP contribution in [0, 0.1) is 11.8 Å². The zero-order chi connectivity index (χ0) is 24.9. The second-order valence-corrected chi connectivity index (χ2v) is 8.77. The summed E-state index contributed by atoms with van der Waals surface area (Å²) in [6.45, 7) is 21.3. The van der Waals surface area contributed by atoms with E-state index in [0.717, 1.165) is 44.9 Å². The van der Waals surface area contributed by atoms with Gasteiger partial charge in [0.05, 0.1) is 11.7 Å². The largest absolute Gasteiger partial charge is 0.513 e. The fourth-order valence-electron chi connectivity index (χ4n) is 3.52. The molecule has 2 unspecified atom stereocenters. The number of unbranched alkanes of at least 4 members (excludes halogenated alkanes) is 1. The lowest BCUT2D eigenvalue weighted by Crippen LogP contribution is -2.37. The number of amides is 1. The van der Waals surface area contributed by atoms with Crippen molar-refractivity contribution in [3.8, 4) is 0 Å². The van der Waals surface area contributed by atoms with E-state index >= 15 is 0 Å². The highest BCUT2D eigenvalue weighted by atomic mass is 16.3. The average Bonchev–Trinajstić information content (AvgIpc) is 2.75. The van der Waals surface area contributed by atoms with Crippen molar-refractivity contribution in [3.05, 3.63) is 47.3 Å². The van der Waals surface area contributed by atoms with Crippen molar-refractivity contribution in [2.24, 2.45) is 11.8 Å². The number of rotatable bonds is 11. The summed E-state index contributed by atoms with van der Waals surface area (Å²) in [7, 11) is 0. The fourth-order valence-corrected chi connectivity index (χ4v) is 3.52. The molecule has 1 aliphatic rings. The molecule has 0 bridgehead atoms. The highest BCUT2D eigenvalue weighted by molar-refractivity contribution is 5.79. The van der Waals surface area contributed by atoms with Gasteiger partial charge in [0.15, 0.2) is 0 Å². The highest BCUT2D eigenvalue weighted by Gasteiger charge is 2.32. The van der Waals surface area contributed by atoms with Gasteiger partial charge in [0.1, 0.15) is 0 Å². The van der Waals surface area contributed by atoms with Gasteiger partial charge in [-0.05, 0) is 65.7 Å². The molecule has 3 heteroatoms. The number of aliphatic hydroxyl groups excluding tert-OH is 1. The van der Waals surface area contributed by atoms with E-state index in [-0.39, 0.29) is 23.5 Å². The van der Waals surface area contributed by atoms with Crippen LogP contribution in [0.2, 0.25) is 0 Å². The van der Waals surface area contributed by atoms with Crippen molar-refractivity contribution in [1.29, 1.82) is 0 Å². The van der Waals surface area contributed by atoms with Gasteiger partial charge in [-0.1, -0.05) is 89.0 Å². The maximum absolute atomic E-state index is 12.4. The molecule has 32 heavy (non-hydrogen) atoms. The van der Waals surface area contributed by atoms with Gasteiger partial charge < -0.3 is 10.4 Å². The Kier molecular flexibility index (Phi) is 21.4. The Labute approximate surface area is 200 Å². The van der Waals surface area contributed by atoms with E-state index in [0.29, 0.717) is 13.0 Å². The third-order valence-corrected chi connectivity index (χ3v) is 5.27. The molecule has 1 rings (SSSR count). The van der Waals surface area contributed by atoms with Crippen molar-refractivity contribution in [2.45, 2.75) is 113 Å². The molecule has 0 radical (unpaired) electrons. The highest BCUT2D eigenvalue weighted by Crippen LogP contribution is 2.35. The standard InChI is InChI=1S/C24H39NO2.C3H8.C2H6/c1-6-7-16-25-24(27)22-15-14-21(17-23(22)20(5)26)13-9-12-19(4)11-8-10-18(2)3;1-3-2;1-2/h10,12,14,22-23,26H,5-9,11,13,15-17H2,1-4H3,(H,25,27);3H2,1-2H3;1-2H3/b19-12+;;. The van der Waals surface area contributed by atoms with Gasteiger partial charge in [-0.2, -0.15) is 0 Å². The van der Waals surface area contributed by atoms with Crippen molar-refractivity contribution in [3.63, 3.8) is 0 Å². The van der Waals surface area contributed by atoms with Crippen molar-refractivity contribution < 1.29 is 9.90 Å². The van der Waals surface area contributed by atoms with Gasteiger partial charge in [-0.3, -0.25) is 4.79 Å². The molecule has 0 heterocycles. The number of carbonyl (C=O) groups is 1. The SMILES string of the molecule is C=C(O)C1CC(CC/C=C(\C)CCC=C(C)C)=CCC1C(=O)NCCCC.CC.CCC. The molecule has 0 spiro atoms. The fraction of sp³-hybridized carbons (Fsp3) is 0.690. The summed E-state index contributed by atoms with van der Waals surface area (Å²) in [5.74, 6) is -0.155. The summed E-state index contributed by atoms with van der Waals surface area (Å²) >= 11 is 0. The Morgan fingerprint density at radius 3 is 2.28 bits per heavy atom. The Balaban J connectivity index is 0. The molecule has 1 aliphatic carbocycles. The molecule has 2 atom stereocenters. The van der Waals surface area contributed by atoms with Crippen molar-refractivity contribution in [1.82, 2.24) is 5.32 Å². The maximum Gasteiger partial charge on any atom is 0.224 e. The van der Waals surface area contributed by atoms with E-state index in [1.807, 2.05) is 13.8 Å². The van der Waals surface area contributed by atoms with E-state index < -0.39 is 0 Å². The lowest BCUT2D eigenvalue weighted by atomic mass is 9.77. The first-order valence-electron chi connectivity index (χ1n) is 12.9. The first-order valence-corrected chi connectivity index (χ1v) is 12.9. The van der Waals surface area contributed by atoms with Crippen LogP contribution in [0.1, 0.15) is 113 Å². The molecular formula is C29H53NO2. The van der Waals surface area contributed by atoms with Gasteiger partial charge in [-0.15, -0.1) is 0 Å². The Bertz CT molecular complexity index is 594. The lowest BCUT2D eigenvalue weighted by Gasteiger charge is -2.30. The second-order valence-electron chi connectivity index (χ2n) is 8.77. The predicted molar refractivity (Wildman–Crippen MR) is 143 cm³/mol. The minimum Gasteiger partial charge on any atom is -0.513 e. The van der Waals surface area contributed by atoms with Crippen LogP contribution >= 0.6 is 0 Å². The van der Waals surface area contributed by atoms with E-state index in [1.54, 1.807) is 0 Å². The van der Waals surface area contributed by atoms with Gasteiger partial charge in [0, 0.05) is 12.5 Å². The summed E-state index contributed by atoms with van der Waals surface area (Å²) in [4.78, 5) is 12.4. The quantitative estimate of drug-likeness (QED) is 0.189. The molecule has 0 saturated carbocycles. The topological polar surface area (TPSA) is 49.3 Å². The minimum absolute atomic E-state index is 0.0500. The van der Waals surface area contributed by atoms with Crippen LogP contribution in [0.25, 0.3) is 0 Å².